The summed E-state index contributed by atoms with van der Waals surface area (Å²) in [5.74, 6) is -2.16. The van der Waals surface area contributed by atoms with Crippen LogP contribution in [0, 0.1) is 5.82 Å². The number of benzene rings is 1. The topological polar surface area (TPSA) is 89.3 Å². The molecule has 1 aromatic rings. The molecule has 1 rings (SSSR count). The smallest absolute Gasteiger partial charge is 0.235 e. The van der Waals surface area contributed by atoms with Gasteiger partial charge in [-0.3, -0.25) is 4.79 Å². The Hall–Kier alpha value is -1.63. The zero-order valence-electron chi connectivity index (χ0n) is 10.1. The summed E-state index contributed by atoms with van der Waals surface area (Å²) in [6, 6.07) is 2.99. The third-order valence-corrected chi connectivity index (χ3v) is 3.72. The molecule has 3 N–H and O–H groups in total. The molecule has 5 nitrogen and oxygen atoms in total. The van der Waals surface area contributed by atoms with Gasteiger partial charge in [0.05, 0.1) is 10.6 Å². The zero-order valence-corrected chi connectivity index (χ0v) is 10.9. The van der Waals surface area contributed by atoms with Crippen molar-refractivity contribution >= 4 is 21.4 Å². The maximum absolute atomic E-state index is 13.2. The lowest BCUT2D eigenvalue weighted by molar-refractivity contribution is -0.119. The summed E-state index contributed by atoms with van der Waals surface area (Å²) in [6.07, 6.45) is 0. The normalized spacial score (nSPS) is 11.6. The Labute approximate surface area is 105 Å². The second-order valence-electron chi connectivity index (χ2n) is 4.16. The Bertz CT molecular complexity index is 555. The van der Waals surface area contributed by atoms with Crippen molar-refractivity contribution in [2.45, 2.75) is 24.8 Å². The van der Waals surface area contributed by atoms with Crippen LogP contribution in [-0.4, -0.2) is 26.1 Å². The lowest BCUT2D eigenvalue weighted by Gasteiger charge is -2.09. The fourth-order valence-corrected chi connectivity index (χ4v) is 2.47. The quantitative estimate of drug-likeness (QED) is 0.791. The van der Waals surface area contributed by atoms with Gasteiger partial charge in [-0.2, -0.15) is 0 Å². The van der Waals surface area contributed by atoms with E-state index in [9.17, 15) is 17.6 Å². The Balaban J connectivity index is 2.93. The lowest BCUT2D eigenvalue weighted by Crippen LogP contribution is -2.35. The average molecular weight is 274 g/mol. The molecule has 0 heterocycles. The molecule has 0 fully saturated rings. The molecule has 0 aromatic heterocycles. The van der Waals surface area contributed by atoms with Crippen LogP contribution in [-0.2, 0) is 14.6 Å². The van der Waals surface area contributed by atoms with Crippen LogP contribution in [0.2, 0.25) is 0 Å². The Morgan fingerprint density at radius 1 is 1.44 bits per heavy atom. The molecular weight excluding hydrogens is 259 g/mol. The number of rotatable bonds is 4. The predicted molar refractivity (Wildman–Crippen MR) is 66.1 cm³/mol. The first kappa shape index (κ1) is 14.4. The number of nitrogens with two attached hydrogens (primary N) is 1. The summed E-state index contributed by atoms with van der Waals surface area (Å²) in [4.78, 5) is 11.1. The van der Waals surface area contributed by atoms with E-state index in [2.05, 4.69) is 5.32 Å². The monoisotopic (exact) mass is 274 g/mol. The van der Waals surface area contributed by atoms with Crippen LogP contribution in [0.3, 0.4) is 0 Å². The van der Waals surface area contributed by atoms with E-state index < -0.39 is 27.3 Å². The van der Waals surface area contributed by atoms with Gasteiger partial charge in [-0.25, -0.2) is 12.8 Å². The van der Waals surface area contributed by atoms with Gasteiger partial charge in [0.25, 0.3) is 0 Å². The highest BCUT2D eigenvalue weighted by Gasteiger charge is 2.20. The van der Waals surface area contributed by atoms with Gasteiger partial charge < -0.3 is 11.1 Å². The van der Waals surface area contributed by atoms with E-state index in [0.29, 0.717) is 0 Å². The molecule has 100 valence electrons. The van der Waals surface area contributed by atoms with Crippen molar-refractivity contribution in [2.24, 2.45) is 0 Å². The highest BCUT2D eigenvalue weighted by Crippen LogP contribution is 2.17. The average Bonchev–Trinajstić information content (AvgIpc) is 2.19. The van der Waals surface area contributed by atoms with E-state index in [1.165, 1.54) is 6.07 Å². The molecular formula is C11H15FN2O3S. The molecule has 0 aliphatic heterocycles. The van der Waals surface area contributed by atoms with Gasteiger partial charge in [0, 0.05) is 6.04 Å². The zero-order chi connectivity index (χ0) is 13.9. The largest absolute Gasteiger partial charge is 0.396 e. The Morgan fingerprint density at radius 3 is 2.56 bits per heavy atom. The van der Waals surface area contributed by atoms with Gasteiger partial charge in [0.2, 0.25) is 5.91 Å². The molecule has 0 aliphatic rings. The first-order valence-electron chi connectivity index (χ1n) is 5.29. The summed E-state index contributed by atoms with van der Waals surface area (Å²) >= 11 is 0. The molecule has 0 spiro atoms. The van der Waals surface area contributed by atoms with E-state index >= 15 is 0 Å². The predicted octanol–water partition coefficient (Wildman–Crippen LogP) is 0.706. The molecule has 1 aromatic carbocycles. The molecule has 0 saturated carbocycles. The van der Waals surface area contributed by atoms with E-state index in [1.807, 2.05) is 0 Å². The minimum absolute atomic E-state index is 0.138. The molecule has 0 atom stereocenters. The fourth-order valence-electron chi connectivity index (χ4n) is 1.32. The molecule has 1 amide bonds. The van der Waals surface area contributed by atoms with E-state index in [1.54, 1.807) is 13.8 Å². The van der Waals surface area contributed by atoms with Crippen LogP contribution in [0.1, 0.15) is 13.8 Å². The number of nitrogens with one attached hydrogen (secondary N) is 1. The number of nitrogen functional groups attached to an aromatic ring is 1. The number of anilines is 1. The highest BCUT2D eigenvalue weighted by molar-refractivity contribution is 7.92. The van der Waals surface area contributed by atoms with E-state index in [-0.39, 0.29) is 16.6 Å². The molecule has 0 aliphatic carbocycles. The van der Waals surface area contributed by atoms with Crippen molar-refractivity contribution in [3.8, 4) is 0 Å². The van der Waals surface area contributed by atoms with Crippen LogP contribution in [0.25, 0.3) is 0 Å². The maximum atomic E-state index is 13.2. The third-order valence-electron chi connectivity index (χ3n) is 2.10. The summed E-state index contributed by atoms with van der Waals surface area (Å²) in [5.41, 5.74) is 5.11. The van der Waals surface area contributed by atoms with Crippen LogP contribution in [0.4, 0.5) is 10.1 Å². The number of halogens is 1. The molecule has 0 bridgehead atoms. The van der Waals surface area contributed by atoms with Crippen LogP contribution >= 0.6 is 0 Å². The minimum Gasteiger partial charge on any atom is -0.396 e. The molecule has 0 radical (unpaired) electrons. The van der Waals surface area contributed by atoms with Crippen molar-refractivity contribution in [3.63, 3.8) is 0 Å². The van der Waals surface area contributed by atoms with Crippen LogP contribution in [0.15, 0.2) is 23.1 Å². The standard InChI is InChI=1S/C11H15FN2O3S/c1-7(2)14-11(15)6-18(16,17)8-3-4-10(13)9(12)5-8/h3-5,7H,6,13H2,1-2H3,(H,14,15). The van der Waals surface area contributed by atoms with E-state index in [0.717, 1.165) is 12.1 Å². The number of hydrogen-bond donors (Lipinski definition) is 2. The van der Waals surface area contributed by atoms with Gasteiger partial charge in [-0.1, -0.05) is 0 Å². The molecule has 0 unspecified atom stereocenters. The van der Waals surface area contributed by atoms with Crippen molar-refractivity contribution < 1.29 is 17.6 Å². The van der Waals surface area contributed by atoms with Crippen molar-refractivity contribution in [2.75, 3.05) is 11.5 Å². The Kier molecular flexibility index (Phi) is 4.28. The highest BCUT2D eigenvalue weighted by atomic mass is 32.2. The first-order valence-corrected chi connectivity index (χ1v) is 6.95. The van der Waals surface area contributed by atoms with E-state index in [4.69, 9.17) is 5.73 Å². The third kappa shape index (κ3) is 3.69. The van der Waals surface area contributed by atoms with Gasteiger partial charge in [-0.15, -0.1) is 0 Å². The number of hydrogen-bond acceptors (Lipinski definition) is 4. The lowest BCUT2D eigenvalue weighted by atomic mass is 10.3. The van der Waals surface area contributed by atoms with Crippen molar-refractivity contribution in [1.29, 1.82) is 0 Å². The molecule has 7 heteroatoms. The van der Waals surface area contributed by atoms with Crippen molar-refractivity contribution in [3.05, 3.63) is 24.0 Å². The van der Waals surface area contributed by atoms with Crippen LogP contribution < -0.4 is 11.1 Å². The van der Waals surface area contributed by atoms with Crippen molar-refractivity contribution in [1.82, 2.24) is 5.32 Å². The summed E-state index contributed by atoms with van der Waals surface area (Å²) < 4.78 is 36.8. The Morgan fingerprint density at radius 2 is 2.06 bits per heavy atom. The SMILES string of the molecule is CC(C)NC(=O)CS(=O)(=O)c1ccc(N)c(F)c1. The number of sulfone groups is 1. The number of carbonyl (C=O) groups excluding carboxylic acids is 1. The van der Waals surface area contributed by atoms with Gasteiger partial charge >= 0.3 is 0 Å². The first-order chi connectivity index (χ1) is 8.22. The summed E-state index contributed by atoms with van der Waals surface area (Å²) in [7, 11) is -3.85. The summed E-state index contributed by atoms with van der Waals surface area (Å²) in [6.45, 7) is 3.43. The van der Waals surface area contributed by atoms with Gasteiger partial charge in [-0.05, 0) is 32.0 Å². The summed E-state index contributed by atoms with van der Waals surface area (Å²) in [5, 5.41) is 2.46. The fraction of sp³-hybridized carbons (Fsp3) is 0.364. The van der Waals surface area contributed by atoms with Crippen LogP contribution in [0.5, 0.6) is 0 Å². The second kappa shape index (κ2) is 5.34. The maximum Gasteiger partial charge on any atom is 0.235 e. The number of carbonyl (C=O) groups is 1. The molecule has 0 saturated heterocycles. The van der Waals surface area contributed by atoms with Gasteiger partial charge in [0.1, 0.15) is 11.6 Å². The second-order valence-corrected chi connectivity index (χ2v) is 6.15. The minimum atomic E-state index is -3.85. The molecule has 18 heavy (non-hydrogen) atoms. The van der Waals surface area contributed by atoms with Gasteiger partial charge in [0.15, 0.2) is 9.84 Å². The number of amides is 1.